The number of unbranched alkanes of at least 4 members (excludes halogenated alkanes) is 1. The number of amides is 3. The van der Waals surface area contributed by atoms with E-state index < -0.39 is 35.4 Å². The summed E-state index contributed by atoms with van der Waals surface area (Å²) < 4.78 is 20.7. The summed E-state index contributed by atoms with van der Waals surface area (Å²) >= 11 is 13.1. The fourth-order valence-electron chi connectivity index (χ4n) is 4.62. The van der Waals surface area contributed by atoms with Crippen LogP contribution in [0.15, 0.2) is 71.8 Å². The molecule has 5 rings (SSSR count). The van der Waals surface area contributed by atoms with Crippen molar-refractivity contribution in [1.29, 1.82) is 0 Å². The number of ether oxygens (including phenoxy) is 1. The summed E-state index contributed by atoms with van der Waals surface area (Å²) in [5.74, 6) is -2.28. The standard InChI is InChI=1S/C32H26Cl2FN3O5S/c1-2-3-12-43-31(41)24-15-22(10-11-25(24)33)36-29(39)18-38-30(40)28(44-32(38)42)13-20-17-37(27-7-5-4-6-23(20)27)16-19-8-9-21(35)14-26(19)34/h4-11,13-15,17H,2-3,12,16,18H2,1H3,(H,36,39)/b28-13-. The van der Waals surface area contributed by atoms with Crippen molar-refractivity contribution in [2.45, 2.75) is 26.3 Å². The minimum absolute atomic E-state index is 0.0931. The molecule has 1 N–H and O–H groups in total. The lowest BCUT2D eigenvalue weighted by molar-refractivity contribution is -0.127. The molecule has 3 amide bonds. The highest BCUT2D eigenvalue weighted by atomic mass is 35.5. The zero-order valence-corrected chi connectivity index (χ0v) is 25.8. The lowest BCUT2D eigenvalue weighted by Crippen LogP contribution is -2.36. The van der Waals surface area contributed by atoms with Crippen LogP contribution in [0.25, 0.3) is 17.0 Å². The quantitative estimate of drug-likeness (QED) is 0.107. The van der Waals surface area contributed by atoms with Crippen molar-refractivity contribution in [3.8, 4) is 0 Å². The number of hydrogen-bond donors (Lipinski definition) is 1. The molecule has 1 aliphatic heterocycles. The second kappa shape index (κ2) is 13.7. The molecule has 0 aliphatic carbocycles. The van der Waals surface area contributed by atoms with E-state index in [2.05, 4.69) is 5.32 Å². The van der Waals surface area contributed by atoms with Gasteiger partial charge in [-0.1, -0.05) is 60.8 Å². The van der Waals surface area contributed by atoms with E-state index in [0.717, 1.165) is 34.0 Å². The zero-order chi connectivity index (χ0) is 31.4. The first kappa shape index (κ1) is 31.3. The number of imide groups is 1. The number of benzene rings is 3. The lowest BCUT2D eigenvalue weighted by atomic mass is 10.1. The number of anilines is 1. The molecule has 0 atom stereocenters. The first-order valence-electron chi connectivity index (χ1n) is 13.7. The Balaban J connectivity index is 1.31. The van der Waals surface area contributed by atoms with Crippen LogP contribution in [0.2, 0.25) is 10.0 Å². The molecule has 1 saturated heterocycles. The highest BCUT2D eigenvalue weighted by Gasteiger charge is 2.36. The minimum atomic E-state index is -0.631. The Morgan fingerprint density at radius 3 is 2.61 bits per heavy atom. The molecular weight excluding hydrogens is 628 g/mol. The third-order valence-corrected chi connectivity index (χ3v) is 8.43. The van der Waals surface area contributed by atoms with Gasteiger partial charge in [0.1, 0.15) is 12.4 Å². The normalized spacial score (nSPS) is 14.1. The van der Waals surface area contributed by atoms with Crippen LogP contribution >= 0.6 is 35.0 Å². The number of halogens is 3. The van der Waals surface area contributed by atoms with Crippen LogP contribution in [-0.2, 0) is 20.9 Å². The van der Waals surface area contributed by atoms with E-state index in [1.807, 2.05) is 42.0 Å². The van der Waals surface area contributed by atoms with E-state index >= 15 is 0 Å². The van der Waals surface area contributed by atoms with Crippen LogP contribution in [0, 0.1) is 5.82 Å². The number of aromatic nitrogens is 1. The van der Waals surface area contributed by atoms with E-state index in [1.54, 1.807) is 12.1 Å². The maximum atomic E-state index is 13.6. The Morgan fingerprint density at radius 2 is 1.84 bits per heavy atom. The number of fused-ring (bicyclic) bond motifs is 1. The molecule has 0 radical (unpaired) electrons. The number of nitrogens with zero attached hydrogens (tertiary/aromatic N) is 2. The van der Waals surface area contributed by atoms with Crippen LogP contribution < -0.4 is 5.32 Å². The Bertz CT molecular complexity index is 1820. The zero-order valence-electron chi connectivity index (χ0n) is 23.4. The molecule has 226 valence electrons. The van der Waals surface area contributed by atoms with Gasteiger partial charge >= 0.3 is 5.97 Å². The Morgan fingerprint density at radius 1 is 1.05 bits per heavy atom. The van der Waals surface area contributed by atoms with Gasteiger partial charge in [-0.25, -0.2) is 9.18 Å². The van der Waals surface area contributed by atoms with Gasteiger partial charge in [0.25, 0.3) is 11.1 Å². The summed E-state index contributed by atoms with van der Waals surface area (Å²) in [6.45, 7) is 2.05. The van der Waals surface area contributed by atoms with Crippen molar-refractivity contribution >= 4 is 80.7 Å². The fraction of sp³-hybridized carbons (Fsp3) is 0.188. The smallest absolute Gasteiger partial charge is 0.339 e. The number of carbonyl (C=O) groups is 4. The van der Waals surface area contributed by atoms with Crippen LogP contribution in [0.4, 0.5) is 14.9 Å². The molecule has 0 saturated carbocycles. The van der Waals surface area contributed by atoms with E-state index in [4.69, 9.17) is 27.9 Å². The van der Waals surface area contributed by atoms with Gasteiger partial charge < -0.3 is 14.6 Å². The van der Waals surface area contributed by atoms with Gasteiger partial charge in [0, 0.05) is 39.9 Å². The minimum Gasteiger partial charge on any atom is -0.462 e. The summed E-state index contributed by atoms with van der Waals surface area (Å²) in [5.41, 5.74) is 2.62. The van der Waals surface area contributed by atoms with Crippen molar-refractivity contribution in [2.75, 3.05) is 18.5 Å². The lowest BCUT2D eigenvalue weighted by Gasteiger charge is -2.13. The van der Waals surface area contributed by atoms with E-state index in [-0.39, 0.29) is 27.8 Å². The van der Waals surface area contributed by atoms with Gasteiger partial charge in [-0.15, -0.1) is 0 Å². The highest BCUT2D eigenvalue weighted by molar-refractivity contribution is 8.18. The van der Waals surface area contributed by atoms with Crippen LogP contribution in [0.5, 0.6) is 0 Å². The number of hydrogen-bond acceptors (Lipinski definition) is 6. The van der Waals surface area contributed by atoms with Gasteiger partial charge in [0.05, 0.1) is 22.1 Å². The monoisotopic (exact) mass is 653 g/mol. The second-order valence-corrected chi connectivity index (χ2v) is 11.8. The Kier molecular flexibility index (Phi) is 9.73. The first-order chi connectivity index (χ1) is 21.1. The van der Waals surface area contributed by atoms with E-state index in [9.17, 15) is 23.6 Å². The third kappa shape index (κ3) is 6.99. The van der Waals surface area contributed by atoms with E-state index in [0.29, 0.717) is 29.1 Å². The summed E-state index contributed by atoms with van der Waals surface area (Å²) in [7, 11) is 0. The maximum absolute atomic E-state index is 13.6. The number of rotatable bonds is 10. The predicted octanol–water partition coefficient (Wildman–Crippen LogP) is 7.77. The number of thioether (sulfide) groups is 1. The van der Waals surface area contributed by atoms with Crippen molar-refractivity contribution < 1.29 is 28.3 Å². The molecule has 0 bridgehead atoms. The molecule has 0 unspecified atom stereocenters. The third-order valence-electron chi connectivity index (χ3n) is 6.84. The van der Waals surface area contributed by atoms with Crippen molar-refractivity contribution in [3.05, 3.63) is 104 Å². The van der Waals surface area contributed by atoms with Crippen molar-refractivity contribution in [1.82, 2.24) is 9.47 Å². The molecule has 8 nitrogen and oxygen atoms in total. The Hall–Kier alpha value is -4.12. The average molecular weight is 655 g/mol. The summed E-state index contributed by atoms with van der Waals surface area (Å²) in [5, 5.41) is 3.32. The molecule has 12 heteroatoms. The molecular formula is C32H26Cl2FN3O5S. The van der Waals surface area contributed by atoms with E-state index in [1.165, 1.54) is 30.3 Å². The molecule has 2 heterocycles. The maximum Gasteiger partial charge on any atom is 0.339 e. The number of nitrogens with one attached hydrogen (secondary N) is 1. The van der Waals surface area contributed by atoms with Gasteiger partial charge in [0.15, 0.2) is 0 Å². The summed E-state index contributed by atoms with van der Waals surface area (Å²) in [6, 6.07) is 16.1. The number of esters is 1. The molecule has 4 aromatic rings. The predicted molar refractivity (Wildman–Crippen MR) is 170 cm³/mol. The second-order valence-electron chi connectivity index (χ2n) is 9.97. The van der Waals surface area contributed by atoms with Crippen molar-refractivity contribution in [3.63, 3.8) is 0 Å². The summed E-state index contributed by atoms with van der Waals surface area (Å²) in [6.07, 6.45) is 5.01. The van der Waals surface area contributed by atoms with Crippen LogP contribution in [0.3, 0.4) is 0 Å². The number of carbonyl (C=O) groups excluding carboxylic acids is 4. The molecule has 44 heavy (non-hydrogen) atoms. The van der Waals surface area contributed by atoms with Gasteiger partial charge in [-0.3, -0.25) is 19.3 Å². The van der Waals surface area contributed by atoms with Gasteiger partial charge in [-0.2, -0.15) is 0 Å². The first-order valence-corrected chi connectivity index (χ1v) is 15.3. The molecule has 1 fully saturated rings. The summed E-state index contributed by atoms with van der Waals surface area (Å²) in [4.78, 5) is 52.2. The Labute approximate surface area is 266 Å². The average Bonchev–Trinajstić information content (AvgIpc) is 3.47. The van der Waals surface area contributed by atoms with Gasteiger partial charge in [0.2, 0.25) is 5.91 Å². The molecule has 1 aliphatic rings. The van der Waals surface area contributed by atoms with Crippen LogP contribution in [-0.4, -0.2) is 45.6 Å². The largest absolute Gasteiger partial charge is 0.462 e. The van der Waals surface area contributed by atoms with Crippen molar-refractivity contribution in [2.24, 2.45) is 0 Å². The highest BCUT2D eigenvalue weighted by Crippen LogP contribution is 2.34. The molecule has 3 aromatic carbocycles. The topological polar surface area (TPSA) is 97.7 Å². The SMILES string of the molecule is CCCCOC(=O)c1cc(NC(=O)CN2C(=O)S/C(=C\c3cn(Cc4ccc(F)cc4Cl)c4ccccc34)C2=O)ccc1Cl. The number of para-hydroxylation sites is 1. The fourth-order valence-corrected chi connectivity index (χ4v) is 5.87. The van der Waals surface area contributed by atoms with Crippen LogP contribution in [0.1, 0.15) is 41.3 Å². The molecule has 0 spiro atoms. The van der Waals surface area contributed by atoms with Gasteiger partial charge in [-0.05, 0) is 66.2 Å². The molecule has 1 aromatic heterocycles.